The molecule has 0 spiro atoms. The first-order valence-corrected chi connectivity index (χ1v) is 12.3. The van der Waals surface area contributed by atoms with E-state index in [0.29, 0.717) is 11.9 Å². The van der Waals surface area contributed by atoms with Gasteiger partial charge in [0.2, 0.25) is 0 Å². The highest BCUT2D eigenvalue weighted by atomic mass is 19.1. The number of methoxy groups -OCH3 is 1. The predicted molar refractivity (Wildman–Crippen MR) is 147 cm³/mol. The van der Waals surface area contributed by atoms with Gasteiger partial charge in [0.05, 0.1) is 12.6 Å². The Bertz CT molecular complexity index is 1200. The average Bonchev–Trinajstić information content (AvgIpc) is 3.05. The minimum Gasteiger partial charge on any atom is -0.494 e. The molecule has 1 atom stereocenters. The van der Waals surface area contributed by atoms with Crippen LogP contribution < -0.4 is 4.74 Å². The Morgan fingerprint density at radius 2 is 2.11 bits per heavy atom. The summed E-state index contributed by atoms with van der Waals surface area (Å²) in [6.45, 7) is 8.24. The number of ether oxygens (including phenoxy) is 1. The van der Waals surface area contributed by atoms with E-state index in [9.17, 15) is 4.39 Å². The Morgan fingerprint density at radius 1 is 1.29 bits per heavy atom. The van der Waals surface area contributed by atoms with E-state index in [1.54, 1.807) is 19.3 Å². The van der Waals surface area contributed by atoms with Gasteiger partial charge in [0.15, 0.2) is 11.6 Å². The molecule has 0 amide bonds. The van der Waals surface area contributed by atoms with Crippen LogP contribution in [-0.2, 0) is 0 Å². The Hall–Kier alpha value is -3.34. The van der Waals surface area contributed by atoms with Crippen molar-refractivity contribution >= 4 is 28.4 Å². The van der Waals surface area contributed by atoms with Gasteiger partial charge in [-0.25, -0.2) is 4.39 Å². The van der Waals surface area contributed by atoms with Crippen molar-refractivity contribution in [3.8, 4) is 5.75 Å². The van der Waals surface area contributed by atoms with Gasteiger partial charge in [0.25, 0.3) is 0 Å². The van der Waals surface area contributed by atoms with Gasteiger partial charge in [-0.3, -0.25) is 15.0 Å². The predicted octanol–water partition coefficient (Wildman–Crippen LogP) is 7.91. The van der Waals surface area contributed by atoms with E-state index in [-0.39, 0.29) is 5.75 Å². The summed E-state index contributed by atoms with van der Waals surface area (Å²) in [5.41, 5.74) is 5.89. The summed E-state index contributed by atoms with van der Waals surface area (Å²) in [5.74, 6) is 0.563. The number of benzene rings is 1. The summed E-state index contributed by atoms with van der Waals surface area (Å²) in [6, 6.07) is 5.00. The van der Waals surface area contributed by atoms with Gasteiger partial charge in [0, 0.05) is 49.2 Å². The van der Waals surface area contributed by atoms with E-state index in [4.69, 9.17) is 9.73 Å². The number of halogens is 1. The maximum atomic E-state index is 14.2. The van der Waals surface area contributed by atoms with E-state index in [1.165, 1.54) is 38.0 Å². The van der Waals surface area contributed by atoms with E-state index >= 15 is 0 Å². The van der Waals surface area contributed by atoms with E-state index in [2.05, 4.69) is 35.6 Å². The minimum absolute atomic E-state index is 0.197. The quantitative estimate of drug-likeness (QED) is 0.222. The number of allylic oxidation sites excluding steroid dienone is 6. The van der Waals surface area contributed by atoms with Crippen LogP contribution in [0.25, 0.3) is 16.5 Å². The summed E-state index contributed by atoms with van der Waals surface area (Å²) in [6.07, 6.45) is 18.4. The van der Waals surface area contributed by atoms with Gasteiger partial charge in [-0.15, -0.1) is 6.58 Å². The highest BCUT2D eigenvalue weighted by Crippen LogP contribution is 2.30. The Labute approximate surface area is 208 Å². The third-order valence-corrected chi connectivity index (χ3v) is 6.35. The number of rotatable bonds is 8. The number of aromatic nitrogens is 1. The monoisotopic (exact) mass is 473 g/mol. The fraction of sp³-hybridized carbons (Fsp3) is 0.367. The van der Waals surface area contributed by atoms with Gasteiger partial charge >= 0.3 is 0 Å². The molecule has 184 valence electrons. The van der Waals surface area contributed by atoms with Crippen LogP contribution in [0.4, 0.5) is 4.39 Å². The van der Waals surface area contributed by atoms with E-state index in [0.717, 1.165) is 46.6 Å². The molecule has 1 saturated carbocycles. The largest absolute Gasteiger partial charge is 0.494 e. The first-order chi connectivity index (χ1) is 16.9. The second-order valence-electron chi connectivity index (χ2n) is 9.16. The van der Waals surface area contributed by atoms with Crippen LogP contribution >= 0.6 is 0 Å². The molecule has 4 nitrogen and oxygen atoms in total. The summed E-state index contributed by atoms with van der Waals surface area (Å²) >= 11 is 0. The molecule has 1 aromatic carbocycles. The zero-order valence-corrected chi connectivity index (χ0v) is 21.4. The Morgan fingerprint density at radius 3 is 2.86 bits per heavy atom. The van der Waals surface area contributed by atoms with Crippen LogP contribution in [0.2, 0.25) is 0 Å². The third-order valence-electron chi connectivity index (χ3n) is 6.35. The Kier molecular flexibility index (Phi) is 9.71. The number of nitrogens with zero attached hydrogens (tertiary/aromatic N) is 3. The SMILES string of the molecule is C=CCC(/C=C(\C=NC)C=C1CCCC(C)CC1)=N\C=C(/C)c1ccnc2cc(F)c(OC)cc12. The van der Waals surface area contributed by atoms with Gasteiger partial charge in [0.1, 0.15) is 0 Å². The number of fused-ring (bicyclic) bond motifs is 1. The molecule has 1 aromatic heterocycles. The fourth-order valence-electron chi connectivity index (χ4n) is 4.41. The van der Waals surface area contributed by atoms with E-state index in [1.807, 2.05) is 31.5 Å². The molecule has 1 fully saturated rings. The van der Waals surface area contributed by atoms with Gasteiger partial charge in [-0.05, 0) is 73.4 Å². The van der Waals surface area contributed by atoms with Crippen molar-refractivity contribution < 1.29 is 9.13 Å². The first-order valence-electron chi connectivity index (χ1n) is 12.3. The van der Waals surface area contributed by atoms with Crippen molar-refractivity contribution in [2.45, 2.75) is 52.4 Å². The number of hydrogen-bond acceptors (Lipinski definition) is 4. The smallest absolute Gasteiger partial charge is 0.167 e. The van der Waals surface area contributed by atoms with Crippen LogP contribution in [0.1, 0.15) is 57.9 Å². The number of aliphatic imine (C=N–C) groups is 2. The standard InChI is InChI=1S/C30H36FN3O/c1-6-8-25(16-24(20-32-4)15-23-10-7-9-21(2)11-12-23)34-19-22(3)26-13-14-33-29-18-28(31)30(35-5)17-27(26)29/h6,13-21H,1,7-12H2,2-5H3/b22-19+,23-15?,24-16-,32-20?,34-25+. The van der Waals surface area contributed by atoms with Crippen molar-refractivity contribution in [1.29, 1.82) is 0 Å². The summed E-state index contributed by atoms with van der Waals surface area (Å²) in [5, 5.41) is 0.821. The van der Waals surface area contributed by atoms with Crippen LogP contribution in [0.5, 0.6) is 5.75 Å². The maximum absolute atomic E-state index is 14.2. The summed E-state index contributed by atoms with van der Waals surface area (Å²) in [4.78, 5) is 13.4. The van der Waals surface area contributed by atoms with Crippen molar-refractivity contribution in [3.05, 3.63) is 77.9 Å². The molecule has 2 aromatic rings. The summed E-state index contributed by atoms with van der Waals surface area (Å²) in [7, 11) is 3.25. The molecule has 1 aliphatic rings. The normalized spacial score (nSPS) is 19.4. The minimum atomic E-state index is -0.426. The topological polar surface area (TPSA) is 46.8 Å². The zero-order chi connectivity index (χ0) is 25.2. The first kappa shape index (κ1) is 26.3. The molecule has 1 heterocycles. The fourth-order valence-corrected chi connectivity index (χ4v) is 4.41. The molecular weight excluding hydrogens is 437 g/mol. The zero-order valence-electron chi connectivity index (χ0n) is 21.4. The molecule has 0 radical (unpaired) electrons. The van der Waals surface area contributed by atoms with Crippen molar-refractivity contribution in [2.75, 3.05) is 14.2 Å². The molecule has 1 aliphatic carbocycles. The van der Waals surface area contributed by atoms with Crippen LogP contribution in [0.3, 0.4) is 0 Å². The van der Waals surface area contributed by atoms with Gasteiger partial charge < -0.3 is 4.74 Å². The Balaban J connectivity index is 1.97. The molecule has 0 bridgehead atoms. The molecule has 0 N–H and O–H groups in total. The molecule has 3 rings (SSSR count). The second kappa shape index (κ2) is 12.9. The molecular formula is C30H36FN3O. The second-order valence-corrected chi connectivity index (χ2v) is 9.16. The lowest BCUT2D eigenvalue weighted by Crippen LogP contribution is -1.96. The highest BCUT2D eigenvalue weighted by molar-refractivity contribution is 6.02. The highest BCUT2D eigenvalue weighted by Gasteiger charge is 2.12. The van der Waals surface area contributed by atoms with E-state index < -0.39 is 5.82 Å². The van der Waals surface area contributed by atoms with Gasteiger partial charge in [-0.1, -0.05) is 31.1 Å². The van der Waals surface area contributed by atoms with Crippen LogP contribution in [-0.4, -0.2) is 31.1 Å². The molecule has 35 heavy (non-hydrogen) atoms. The number of hydrogen-bond donors (Lipinski definition) is 0. The molecule has 0 aliphatic heterocycles. The van der Waals surface area contributed by atoms with Gasteiger partial charge in [-0.2, -0.15) is 0 Å². The van der Waals surface area contributed by atoms with Crippen LogP contribution in [0, 0.1) is 11.7 Å². The molecule has 1 unspecified atom stereocenters. The molecule has 0 saturated heterocycles. The third kappa shape index (κ3) is 7.32. The van der Waals surface area contributed by atoms with Crippen LogP contribution in [0.15, 0.2) is 76.5 Å². The average molecular weight is 474 g/mol. The van der Waals surface area contributed by atoms with Crippen molar-refractivity contribution in [1.82, 2.24) is 4.98 Å². The lowest BCUT2D eigenvalue weighted by Gasteiger charge is -2.09. The lowest BCUT2D eigenvalue weighted by molar-refractivity contribution is 0.387. The summed E-state index contributed by atoms with van der Waals surface area (Å²) < 4.78 is 19.3. The molecule has 5 heteroatoms. The maximum Gasteiger partial charge on any atom is 0.167 e. The van der Waals surface area contributed by atoms with Crippen molar-refractivity contribution in [2.24, 2.45) is 15.9 Å². The van der Waals surface area contributed by atoms with Crippen molar-refractivity contribution in [3.63, 3.8) is 0 Å². The number of pyridine rings is 1. The lowest BCUT2D eigenvalue weighted by atomic mass is 10.0.